The van der Waals surface area contributed by atoms with Crippen molar-refractivity contribution in [2.75, 3.05) is 0 Å². The molecule has 4 aliphatic rings. The van der Waals surface area contributed by atoms with Crippen LogP contribution in [0.15, 0.2) is 24.3 Å². The summed E-state index contributed by atoms with van der Waals surface area (Å²) in [7, 11) is 0. The van der Waals surface area contributed by atoms with Crippen molar-refractivity contribution in [1.82, 2.24) is 5.32 Å². The van der Waals surface area contributed by atoms with Gasteiger partial charge in [-0.1, -0.05) is 19.1 Å². The molecule has 4 fully saturated rings. The highest BCUT2D eigenvalue weighted by atomic mass is 19.1. The first kappa shape index (κ1) is 22.4. The largest absolute Gasteiger partial charge is 0.390 e. The van der Waals surface area contributed by atoms with E-state index in [1.165, 1.54) is 44.6 Å². The van der Waals surface area contributed by atoms with Crippen molar-refractivity contribution in [3.8, 4) is 0 Å². The summed E-state index contributed by atoms with van der Waals surface area (Å²) in [5.41, 5.74) is -0.0494. The second kappa shape index (κ2) is 8.11. The van der Waals surface area contributed by atoms with Gasteiger partial charge in [-0.05, 0) is 125 Å². The third kappa shape index (κ3) is 3.71. The number of carbonyl (C=O) groups is 1. The smallest absolute Gasteiger partial charge is 0.254 e. The van der Waals surface area contributed by atoms with E-state index in [-0.39, 0.29) is 22.9 Å². The summed E-state index contributed by atoms with van der Waals surface area (Å²) in [5.74, 6) is 3.60. The maximum absolute atomic E-state index is 14.1. The van der Waals surface area contributed by atoms with Crippen LogP contribution in [0, 0.1) is 46.7 Å². The summed E-state index contributed by atoms with van der Waals surface area (Å²) in [6.45, 7) is 6.64. The molecular weight excluding hydrogens is 401 g/mol. The number of aliphatic hydroxyl groups is 1. The van der Waals surface area contributed by atoms with Crippen LogP contribution >= 0.6 is 0 Å². The van der Waals surface area contributed by atoms with Crippen molar-refractivity contribution in [2.24, 2.45) is 40.9 Å². The Balaban J connectivity index is 1.29. The first-order valence-electron chi connectivity index (χ1n) is 13.0. The molecule has 0 aliphatic heterocycles. The van der Waals surface area contributed by atoms with E-state index in [1.807, 2.05) is 6.92 Å². The molecule has 0 bridgehead atoms. The standard InChI is InChI=1S/C28H40FNO2/c1-17(30-26(31)22-6-4-5-7-25(22)29)23-10-11-24-21-9-8-18-16-27(2,32)14-12-19(18)20(21)13-15-28(23,24)3/h4-7,17-21,23-24,32H,8-16H2,1-3H3,(H,30,31)/t17-,18+,19-,20+,21+,23+,24-,27+,28+/m0/s1. The van der Waals surface area contributed by atoms with Gasteiger partial charge in [0.2, 0.25) is 0 Å². The van der Waals surface area contributed by atoms with Crippen LogP contribution < -0.4 is 5.32 Å². The number of carbonyl (C=O) groups excluding carboxylic acids is 1. The summed E-state index contributed by atoms with van der Waals surface area (Å²) in [6.07, 6.45) is 10.7. The molecule has 0 spiro atoms. The summed E-state index contributed by atoms with van der Waals surface area (Å²) >= 11 is 0. The number of benzene rings is 1. The summed E-state index contributed by atoms with van der Waals surface area (Å²) in [6, 6.07) is 6.32. The third-order valence-electron chi connectivity index (χ3n) is 10.4. The molecular formula is C28H40FNO2. The molecule has 4 aliphatic carbocycles. The zero-order valence-electron chi connectivity index (χ0n) is 19.9. The van der Waals surface area contributed by atoms with Gasteiger partial charge in [0.05, 0.1) is 11.2 Å². The van der Waals surface area contributed by atoms with Gasteiger partial charge in [-0.3, -0.25) is 4.79 Å². The van der Waals surface area contributed by atoms with E-state index in [2.05, 4.69) is 19.2 Å². The van der Waals surface area contributed by atoms with Gasteiger partial charge in [0.25, 0.3) is 5.91 Å². The first-order chi connectivity index (χ1) is 15.2. The summed E-state index contributed by atoms with van der Waals surface area (Å²) in [4.78, 5) is 12.8. The highest BCUT2D eigenvalue weighted by molar-refractivity contribution is 5.94. The lowest BCUT2D eigenvalue weighted by Gasteiger charge is -2.57. The number of amides is 1. The predicted molar refractivity (Wildman–Crippen MR) is 125 cm³/mol. The average molecular weight is 442 g/mol. The first-order valence-corrected chi connectivity index (χ1v) is 13.0. The summed E-state index contributed by atoms with van der Waals surface area (Å²) in [5, 5.41) is 13.8. The van der Waals surface area contributed by atoms with Crippen molar-refractivity contribution in [1.29, 1.82) is 0 Å². The average Bonchev–Trinajstić information content (AvgIpc) is 3.10. The Bertz CT molecular complexity index is 869. The highest BCUT2D eigenvalue weighted by Gasteiger charge is 2.58. The quantitative estimate of drug-likeness (QED) is 0.608. The maximum Gasteiger partial charge on any atom is 0.254 e. The minimum Gasteiger partial charge on any atom is -0.390 e. The fraction of sp³-hybridized carbons (Fsp3) is 0.750. The van der Waals surface area contributed by atoms with Gasteiger partial charge < -0.3 is 10.4 Å². The molecule has 0 radical (unpaired) electrons. The fourth-order valence-corrected chi connectivity index (χ4v) is 8.97. The van der Waals surface area contributed by atoms with Crippen molar-refractivity contribution >= 4 is 5.91 Å². The second-order valence-electron chi connectivity index (χ2n) is 12.1. The van der Waals surface area contributed by atoms with Gasteiger partial charge in [-0.25, -0.2) is 4.39 Å². The Labute approximate surface area is 192 Å². The minimum atomic E-state index is -0.457. The Morgan fingerprint density at radius 1 is 1.03 bits per heavy atom. The van der Waals surface area contributed by atoms with Crippen molar-refractivity contribution in [3.63, 3.8) is 0 Å². The Morgan fingerprint density at radius 3 is 2.56 bits per heavy atom. The zero-order valence-corrected chi connectivity index (χ0v) is 19.9. The van der Waals surface area contributed by atoms with Crippen molar-refractivity contribution < 1.29 is 14.3 Å². The number of hydrogen-bond acceptors (Lipinski definition) is 2. The minimum absolute atomic E-state index is 0.0507. The molecule has 1 amide bonds. The van der Waals surface area contributed by atoms with E-state index in [0.717, 1.165) is 42.9 Å². The second-order valence-corrected chi connectivity index (χ2v) is 12.1. The topological polar surface area (TPSA) is 49.3 Å². The van der Waals surface area contributed by atoms with Gasteiger partial charge in [0, 0.05) is 6.04 Å². The van der Waals surface area contributed by atoms with Crippen LogP contribution in [0.25, 0.3) is 0 Å². The van der Waals surface area contributed by atoms with Gasteiger partial charge >= 0.3 is 0 Å². The molecule has 176 valence electrons. The van der Waals surface area contributed by atoms with Crippen LogP contribution in [0.3, 0.4) is 0 Å². The van der Waals surface area contributed by atoms with Crippen molar-refractivity contribution in [3.05, 3.63) is 35.6 Å². The third-order valence-corrected chi connectivity index (χ3v) is 10.4. The number of hydrogen-bond donors (Lipinski definition) is 2. The molecule has 3 nitrogen and oxygen atoms in total. The normalized spacial score (nSPS) is 44.2. The molecule has 4 heteroatoms. The van der Waals surface area contributed by atoms with Crippen LogP contribution in [0.4, 0.5) is 4.39 Å². The molecule has 5 rings (SSSR count). The lowest BCUT2D eigenvalue weighted by Crippen LogP contribution is -2.52. The predicted octanol–water partition coefficient (Wildman–Crippen LogP) is 5.96. The van der Waals surface area contributed by atoms with Crippen LogP contribution in [0.1, 0.15) is 88.9 Å². The number of halogens is 1. The van der Waals surface area contributed by atoms with Gasteiger partial charge in [-0.2, -0.15) is 0 Å². The van der Waals surface area contributed by atoms with Crippen LogP contribution in [-0.2, 0) is 0 Å². The van der Waals surface area contributed by atoms with Gasteiger partial charge in [0.1, 0.15) is 5.82 Å². The van der Waals surface area contributed by atoms with Gasteiger partial charge in [-0.15, -0.1) is 0 Å². The molecule has 0 saturated heterocycles. The van der Waals surface area contributed by atoms with E-state index < -0.39 is 11.4 Å². The van der Waals surface area contributed by atoms with E-state index >= 15 is 0 Å². The molecule has 0 unspecified atom stereocenters. The van der Waals surface area contributed by atoms with Gasteiger partial charge in [0.15, 0.2) is 0 Å². The van der Waals surface area contributed by atoms with Crippen LogP contribution in [0.2, 0.25) is 0 Å². The number of fused-ring (bicyclic) bond motifs is 5. The van der Waals surface area contributed by atoms with Crippen molar-refractivity contribution in [2.45, 2.75) is 90.2 Å². The molecule has 1 aromatic rings. The molecule has 32 heavy (non-hydrogen) atoms. The zero-order chi connectivity index (χ0) is 22.7. The lowest BCUT2D eigenvalue weighted by atomic mass is 9.49. The highest BCUT2D eigenvalue weighted by Crippen LogP contribution is 2.65. The number of rotatable bonds is 3. The van der Waals surface area contributed by atoms with Crippen LogP contribution in [-0.4, -0.2) is 22.7 Å². The lowest BCUT2D eigenvalue weighted by molar-refractivity contribution is -0.101. The molecule has 0 heterocycles. The van der Waals surface area contributed by atoms with E-state index in [1.54, 1.807) is 18.2 Å². The Morgan fingerprint density at radius 2 is 1.78 bits per heavy atom. The number of nitrogens with one attached hydrogen (secondary N) is 1. The fourth-order valence-electron chi connectivity index (χ4n) is 8.97. The van der Waals surface area contributed by atoms with E-state index in [9.17, 15) is 14.3 Å². The van der Waals surface area contributed by atoms with E-state index in [4.69, 9.17) is 0 Å². The molecule has 2 N–H and O–H groups in total. The van der Waals surface area contributed by atoms with Crippen LogP contribution in [0.5, 0.6) is 0 Å². The maximum atomic E-state index is 14.1. The molecule has 9 atom stereocenters. The van der Waals surface area contributed by atoms with E-state index in [0.29, 0.717) is 11.8 Å². The SMILES string of the molecule is C[C@H](NC(=O)c1ccccc1F)[C@H]1CC[C@H]2[C@@H]3CC[C@@H]4C[C@](C)(O)CC[C@@H]4[C@H]3CC[C@]12C. The summed E-state index contributed by atoms with van der Waals surface area (Å²) < 4.78 is 14.1. The Hall–Kier alpha value is -1.42. The monoisotopic (exact) mass is 441 g/mol. The Kier molecular flexibility index (Phi) is 5.67. The molecule has 0 aromatic heterocycles. The molecule has 1 aromatic carbocycles. The molecule has 4 saturated carbocycles.